The number of benzene rings is 1. The molecule has 21 heavy (non-hydrogen) atoms. The highest BCUT2D eigenvalue weighted by molar-refractivity contribution is 7.95. The number of nitrogens with zero attached hydrogens (tertiary/aromatic N) is 1. The number of halogens is 1. The van der Waals surface area contributed by atoms with Gasteiger partial charge in [0, 0.05) is 5.02 Å². The summed E-state index contributed by atoms with van der Waals surface area (Å²) in [6, 6.07) is 8.18. The van der Waals surface area contributed by atoms with Gasteiger partial charge in [-0.05, 0) is 29.8 Å². The molecule has 1 heterocycles. The maximum absolute atomic E-state index is 11.4. The topological polar surface area (TPSA) is 111 Å². The molecule has 0 saturated heterocycles. The van der Waals surface area contributed by atoms with Crippen LogP contribution in [0.1, 0.15) is 11.3 Å². The average molecular weight is 330 g/mol. The van der Waals surface area contributed by atoms with Crippen LogP contribution < -0.4 is 0 Å². The Labute approximate surface area is 124 Å². The van der Waals surface area contributed by atoms with Crippen LogP contribution in [0, 0.1) is 10.1 Å². The summed E-state index contributed by atoms with van der Waals surface area (Å²) in [5.74, 6) is -0.963. The Morgan fingerprint density at radius 2 is 1.86 bits per heavy atom. The van der Waals surface area contributed by atoms with E-state index in [0.29, 0.717) is 10.6 Å². The van der Waals surface area contributed by atoms with E-state index in [1.807, 2.05) is 0 Å². The summed E-state index contributed by atoms with van der Waals surface area (Å²) in [7, 11) is -4.63. The van der Waals surface area contributed by atoms with E-state index in [1.165, 1.54) is 24.3 Å². The summed E-state index contributed by atoms with van der Waals surface area (Å²) in [4.78, 5) is 9.15. The van der Waals surface area contributed by atoms with Gasteiger partial charge >= 0.3 is 5.88 Å². The average Bonchev–Trinajstić information content (AvgIpc) is 2.86. The lowest BCUT2D eigenvalue weighted by molar-refractivity contribution is -0.402. The van der Waals surface area contributed by atoms with E-state index in [1.54, 1.807) is 0 Å². The predicted octanol–water partition coefficient (Wildman–Crippen LogP) is 3.23. The first kappa shape index (κ1) is 15.2. The molecule has 0 amide bonds. The van der Waals surface area contributed by atoms with Crippen molar-refractivity contribution in [2.24, 2.45) is 0 Å². The number of hydrogen-bond acceptors (Lipinski definition) is 5. The molecule has 0 aliphatic carbocycles. The van der Waals surface area contributed by atoms with Crippen LogP contribution >= 0.6 is 11.6 Å². The quantitative estimate of drug-likeness (QED) is 0.523. The second-order valence-corrected chi connectivity index (χ2v) is 5.76. The van der Waals surface area contributed by atoms with E-state index in [2.05, 4.69) is 0 Å². The van der Waals surface area contributed by atoms with Gasteiger partial charge in [0.2, 0.25) is 0 Å². The first-order valence-electron chi connectivity index (χ1n) is 5.47. The Morgan fingerprint density at radius 3 is 2.33 bits per heavy atom. The fourth-order valence-corrected chi connectivity index (χ4v) is 2.32. The smallest absolute Gasteiger partial charge is 0.400 e. The normalized spacial score (nSPS) is 12.4. The maximum Gasteiger partial charge on any atom is 0.433 e. The van der Waals surface area contributed by atoms with Gasteiger partial charge in [-0.1, -0.05) is 23.7 Å². The van der Waals surface area contributed by atoms with Gasteiger partial charge in [-0.3, -0.25) is 14.7 Å². The van der Waals surface area contributed by atoms with E-state index in [0.717, 1.165) is 18.2 Å². The first-order valence-corrected chi connectivity index (χ1v) is 7.28. The Morgan fingerprint density at radius 1 is 1.24 bits per heavy atom. The summed E-state index contributed by atoms with van der Waals surface area (Å²) in [5, 5.41) is 11.0. The molecule has 0 spiro atoms. The van der Waals surface area contributed by atoms with Crippen molar-refractivity contribution in [3.8, 4) is 0 Å². The standard InChI is InChI=1S/C12H8ClNO6S/c13-9-3-1-8(2-4-9)7-11(21(17,18)19)10-5-6-12(20-10)14(15)16/h1-7H,(H,17,18,19)/b11-7+. The second-order valence-electron chi connectivity index (χ2n) is 3.93. The largest absolute Gasteiger partial charge is 0.433 e. The number of rotatable bonds is 4. The van der Waals surface area contributed by atoms with Crippen molar-refractivity contribution in [3.63, 3.8) is 0 Å². The summed E-state index contributed by atoms with van der Waals surface area (Å²) in [6.07, 6.45) is 1.12. The number of hydrogen-bond donors (Lipinski definition) is 1. The molecule has 2 aromatic rings. The van der Waals surface area contributed by atoms with Crippen molar-refractivity contribution < 1.29 is 22.3 Å². The SMILES string of the molecule is O=[N+]([O-])c1ccc(/C(=C\c2ccc(Cl)cc2)S(=O)(=O)O)o1. The van der Waals surface area contributed by atoms with E-state index >= 15 is 0 Å². The van der Waals surface area contributed by atoms with E-state index in [4.69, 9.17) is 16.0 Å². The van der Waals surface area contributed by atoms with Gasteiger partial charge in [-0.25, -0.2) is 0 Å². The molecule has 0 atom stereocenters. The van der Waals surface area contributed by atoms with E-state index < -0.39 is 25.8 Å². The lowest BCUT2D eigenvalue weighted by Gasteiger charge is -2.01. The van der Waals surface area contributed by atoms with Crippen LogP contribution in [0.25, 0.3) is 11.0 Å². The van der Waals surface area contributed by atoms with E-state index in [9.17, 15) is 23.1 Å². The zero-order chi connectivity index (χ0) is 15.6. The molecule has 9 heteroatoms. The molecule has 7 nitrogen and oxygen atoms in total. The van der Waals surface area contributed by atoms with Gasteiger partial charge in [0.05, 0.1) is 6.07 Å². The summed E-state index contributed by atoms with van der Waals surface area (Å²) < 4.78 is 36.9. The molecule has 0 fully saturated rings. The minimum absolute atomic E-state index is 0.334. The Balaban J connectivity index is 2.53. The molecule has 0 unspecified atom stereocenters. The van der Waals surface area contributed by atoms with Crippen molar-refractivity contribution in [3.05, 3.63) is 62.9 Å². The van der Waals surface area contributed by atoms with Gasteiger partial charge in [0.25, 0.3) is 10.1 Å². The first-order chi connectivity index (χ1) is 9.77. The zero-order valence-corrected chi connectivity index (χ0v) is 11.8. The van der Waals surface area contributed by atoms with Crippen LogP contribution in [0.4, 0.5) is 5.88 Å². The summed E-state index contributed by atoms with van der Waals surface area (Å²) in [6.45, 7) is 0. The van der Waals surface area contributed by atoms with Gasteiger partial charge in [0.15, 0.2) is 5.76 Å². The van der Waals surface area contributed by atoms with Gasteiger partial charge < -0.3 is 4.42 Å². The highest BCUT2D eigenvalue weighted by Gasteiger charge is 2.23. The number of nitro groups is 1. The van der Waals surface area contributed by atoms with Crippen molar-refractivity contribution in [2.45, 2.75) is 0 Å². The van der Waals surface area contributed by atoms with Crippen molar-refractivity contribution in [2.75, 3.05) is 0 Å². The summed E-state index contributed by atoms with van der Waals surface area (Å²) in [5.41, 5.74) is 0.422. The molecule has 1 N–H and O–H groups in total. The zero-order valence-electron chi connectivity index (χ0n) is 10.3. The molecule has 110 valence electrons. The van der Waals surface area contributed by atoms with Gasteiger partial charge in [0.1, 0.15) is 9.83 Å². The molecule has 0 aliphatic rings. The van der Waals surface area contributed by atoms with Crippen molar-refractivity contribution in [1.82, 2.24) is 0 Å². The van der Waals surface area contributed by atoms with Gasteiger partial charge in [-0.15, -0.1) is 0 Å². The third-order valence-corrected chi connectivity index (χ3v) is 3.59. The van der Waals surface area contributed by atoms with Crippen molar-refractivity contribution in [1.29, 1.82) is 0 Å². The lowest BCUT2D eigenvalue weighted by atomic mass is 10.2. The third kappa shape index (κ3) is 3.69. The number of furan rings is 1. The Bertz CT molecular complexity index is 807. The summed E-state index contributed by atoms with van der Waals surface area (Å²) >= 11 is 5.71. The molecule has 0 bridgehead atoms. The highest BCUT2D eigenvalue weighted by Crippen LogP contribution is 2.28. The highest BCUT2D eigenvalue weighted by atomic mass is 35.5. The maximum atomic E-state index is 11.4. The fourth-order valence-electron chi connectivity index (χ4n) is 1.54. The molecule has 1 aromatic carbocycles. The second kappa shape index (κ2) is 5.68. The Kier molecular flexibility index (Phi) is 4.12. The van der Waals surface area contributed by atoms with E-state index in [-0.39, 0.29) is 5.76 Å². The predicted molar refractivity (Wildman–Crippen MR) is 76.2 cm³/mol. The van der Waals surface area contributed by atoms with Crippen LogP contribution in [0.3, 0.4) is 0 Å². The molecule has 0 saturated carbocycles. The van der Waals surface area contributed by atoms with Crippen LogP contribution in [0.5, 0.6) is 0 Å². The minimum atomic E-state index is -4.63. The van der Waals surface area contributed by atoms with Gasteiger partial charge in [-0.2, -0.15) is 8.42 Å². The third-order valence-electron chi connectivity index (χ3n) is 2.46. The van der Waals surface area contributed by atoms with Crippen molar-refractivity contribution >= 4 is 38.6 Å². The van der Waals surface area contributed by atoms with Crippen LogP contribution in [0.2, 0.25) is 5.02 Å². The van der Waals surface area contributed by atoms with Crippen LogP contribution in [-0.2, 0) is 10.1 Å². The minimum Gasteiger partial charge on any atom is -0.400 e. The van der Waals surface area contributed by atoms with Crippen LogP contribution in [-0.4, -0.2) is 17.9 Å². The molecular formula is C12H8ClNO6S. The molecule has 0 radical (unpaired) electrons. The van der Waals surface area contributed by atoms with Crippen LogP contribution in [0.15, 0.2) is 40.8 Å². The molecule has 1 aromatic heterocycles. The molecule has 0 aliphatic heterocycles. The monoisotopic (exact) mass is 329 g/mol. The molecular weight excluding hydrogens is 322 g/mol. The molecule has 2 rings (SSSR count). The Hall–Kier alpha value is -2.16. The fraction of sp³-hybridized carbons (Fsp3) is 0. The lowest BCUT2D eigenvalue weighted by Crippen LogP contribution is -2.00.